The maximum Gasteiger partial charge on any atom is 0.307 e. The topological polar surface area (TPSA) is 91.7 Å². The normalized spacial score (nSPS) is 14.6. The molecule has 0 amide bonds. The average molecular weight is 168 g/mol. The second-order valence-electron chi connectivity index (χ2n) is 1.99. The lowest BCUT2D eigenvalue weighted by atomic mass is 10.2. The van der Waals surface area contributed by atoms with Gasteiger partial charge in [0.15, 0.2) is 0 Å². The van der Waals surface area contributed by atoms with Crippen molar-refractivity contribution in [2.45, 2.75) is 6.92 Å². The monoisotopic (exact) mass is 168 g/mol. The second-order valence-corrected chi connectivity index (χ2v) is 3.49. The molecular formula is C4H8O5S. The third-order valence-corrected chi connectivity index (χ3v) is 1.80. The highest BCUT2D eigenvalue weighted by molar-refractivity contribution is 7.85. The molecule has 0 rings (SSSR count). The van der Waals surface area contributed by atoms with Gasteiger partial charge in [0.05, 0.1) is 11.7 Å². The van der Waals surface area contributed by atoms with Gasteiger partial charge in [0.25, 0.3) is 10.1 Å². The molecule has 0 saturated heterocycles. The Hall–Kier alpha value is -0.620. The molecule has 0 fully saturated rings. The van der Waals surface area contributed by atoms with E-state index in [1.807, 2.05) is 0 Å². The summed E-state index contributed by atoms with van der Waals surface area (Å²) in [6, 6.07) is 0. The molecule has 1 atom stereocenters. The van der Waals surface area contributed by atoms with Crippen molar-refractivity contribution in [3.8, 4) is 0 Å². The molecule has 0 aromatic heterocycles. The fourth-order valence-corrected chi connectivity index (χ4v) is 1.16. The summed E-state index contributed by atoms with van der Waals surface area (Å²) in [5, 5.41) is 8.17. The summed E-state index contributed by atoms with van der Waals surface area (Å²) < 4.78 is 28.2. The van der Waals surface area contributed by atoms with E-state index >= 15 is 0 Å². The Morgan fingerprint density at radius 3 is 2.10 bits per heavy atom. The molecule has 0 aliphatic carbocycles. The van der Waals surface area contributed by atoms with Gasteiger partial charge >= 0.3 is 5.97 Å². The van der Waals surface area contributed by atoms with Gasteiger partial charge in [-0.05, 0) is 0 Å². The third-order valence-electron chi connectivity index (χ3n) is 0.882. The number of carbonyl (C=O) groups is 1. The molecule has 0 aliphatic rings. The van der Waals surface area contributed by atoms with Crippen molar-refractivity contribution >= 4 is 16.1 Å². The molecule has 5 nitrogen and oxygen atoms in total. The van der Waals surface area contributed by atoms with Crippen LogP contribution in [-0.2, 0) is 14.9 Å². The fraction of sp³-hybridized carbons (Fsp3) is 0.750. The quantitative estimate of drug-likeness (QED) is 0.559. The minimum Gasteiger partial charge on any atom is -0.481 e. The van der Waals surface area contributed by atoms with Crippen LogP contribution in [0.2, 0.25) is 0 Å². The SMILES string of the molecule is C[C@@H](CS(=O)(=O)O)C(=O)O. The van der Waals surface area contributed by atoms with E-state index in [2.05, 4.69) is 0 Å². The summed E-state index contributed by atoms with van der Waals surface area (Å²) in [6.45, 7) is 1.20. The molecule has 0 spiro atoms. The van der Waals surface area contributed by atoms with Gasteiger partial charge in [-0.25, -0.2) is 0 Å². The van der Waals surface area contributed by atoms with Crippen molar-refractivity contribution in [1.82, 2.24) is 0 Å². The van der Waals surface area contributed by atoms with E-state index in [-0.39, 0.29) is 0 Å². The number of hydrogen-bond donors (Lipinski definition) is 2. The van der Waals surface area contributed by atoms with Gasteiger partial charge < -0.3 is 5.11 Å². The van der Waals surface area contributed by atoms with Crippen LogP contribution in [0.1, 0.15) is 6.92 Å². The minimum atomic E-state index is -4.15. The van der Waals surface area contributed by atoms with E-state index in [0.29, 0.717) is 0 Å². The Kier molecular flexibility index (Phi) is 2.79. The van der Waals surface area contributed by atoms with Crippen LogP contribution in [-0.4, -0.2) is 29.8 Å². The Balaban J connectivity index is 4.06. The van der Waals surface area contributed by atoms with E-state index in [4.69, 9.17) is 9.66 Å². The molecule has 0 aromatic rings. The van der Waals surface area contributed by atoms with Crippen LogP contribution in [0, 0.1) is 5.92 Å². The highest BCUT2D eigenvalue weighted by Crippen LogP contribution is 1.98. The Labute approximate surface area is 58.4 Å². The molecule has 0 aliphatic heterocycles. The Morgan fingerprint density at radius 1 is 1.60 bits per heavy atom. The van der Waals surface area contributed by atoms with Crippen molar-refractivity contribution in [2.24, 2.45) is 5.92 Å². The van der Waals surface area contributed by atoms with E-state index in [9.17, 15) is 13.2 Å². The van der Waals surface area contributed by atoms with Gasteiger partial charge in [-0.3, -0.25) is 9.35 Å². The van der Waals surface area contributed by atoms with E-state index in [1.54, 1.807) is 0 Å². The van der Waals surface area contributed by atoms with Gasteiger partial charge in [0, 0.05) is 0 Å². The van der Waals surface area contributed by atoms with Crippen molar-refractivity contribution in [1.29, 1.82) is 0 Å². The van der Waals surface area contributed by atoms with Crippen molar-refractivity contribution < 1.29 is 22.9 Å². The third kappa shape index (κ3) is 4.28. The molecule has 0 unspecified atom stereocenters. The number of rotatable bonds is 3. The molecular weight excluding hydrogens is 160 g/mol. The number of aliphatic carboxylic acids is 1. The summed E-state index contributed by atoms with van der Waals surface area (Å²) in [7, 11) is -4.15. The molecule has 10 heavy (non-hydrogen) atoms. The van der Waals surface area contributed by atoms with Crippen LogP contribution in [0.5, 0.6) is 0 Å². The molecule has 0 saturated carbocycles. The van der Waals surface area contributed by atoms with E-state index < -0.39 is 27.8 Å². The molecule has 6 heteroatoms. The van der Waals surface area contributed by atoms with Crippen LogP contribution in [0.4, 0.5) is 0 Å². The zero-order valence-corrected chi connectivity index (χ0v) is 6.13. The maximum atomic E-state index is 10.0. The first-order chi connectivity index (χ1) is 4.33. The zero-order valence-electron chi connectivity index (χ0n) is 5.31. The lowest BCUT2D eigenvalue weighted by Crippen LogP contribution is -2.20. The Morgan fingerprint density at radius 2 is 2.00 bits per heavy atom. The lowest BCUT2D eigenvalue weighted by molar-refractivity contribution is -0.140. The van der Waals surface area contributed by atoms with Crippen molar-refractivity contribution in [3.63, 3.8) is 0 Å². The van der Waals surface area contributed by atoms with Crippen LogP contribution >= 0.6 is 0 Å². The largest absolute Gasteiger partial charge is 0.481 e. The Bertz CT molecular complexity index is 216. The van der Waals surface area contributed by atoms with Gasteiger partial charge in [-0.15, -0.1) is 0 Å². The van der Waals surface area contributed by atoms with Crippen LogP contribution in [0.3, 0.4) is 0 Å². The van der Waals surface area contributed by atoms with Crippen LogP contribution in [0.15, 0.2) is 0 Å². The summed E-state index contributed by atoms with van der Waals surface area (Å²) in [5.41, 5.74) is 0. The second kappa shape index (κ2) is 2.98. The molecule has 60 valence electrons. The molecule has 0 bridgehead atoms. The van der Waals surface area contributed by atoms with Crippen LogP contribution in [0.25, 0.3) is 0 Å². The first-order valence-electron chi connectivity index (χ1n) is 2.51. The van der Waals surface area contributed by atoms with Crippen molar-refractivity contribution in [3.05, 3.63) is 0 Å². The summed E-state index contributed by atoms with van der Waals surface area (Å²) in [5.74, 6) is -3.03. The molecule has 0 aromatic carbocycles. The minimum absolute atomic E-state index is 0.734. The maximum absolute atomic E-state index is 10.0. The highest BCUT2D eigenvalue weighted by Gasteiger charge is 2.17. The van der Waals surface area contributed by atoms with Crippen LogP contribution < -0.4 is 0 Å². The fourth-order valence-electron chi connectivity index (χ4n) is 0.387. The molecule has 0 heterocycles. The number of carboxylic acids is 1. The summed E-state index contributed by atoms with van der Waals surface area (Å²) in [4.78, 5) is 10.0. The first kappa shape index (κ1) is 9.38. The van der Waals surface area contributed by atoms with Gasteiger partial charge in [-0.1, -0.05) is 6.92 Å². The van der Waals surface area contributed by atoms with Gasteiger partial charge in [0.2, 0.25) is 0 Å². The van der Waals surface area contributed by atoms with Gasteiger partial charge in [0.1, 0.15) is 0 Å². The predicted molar refractivity (Wildman–Crippen MR) is 33.2 cm³/mol. The number of carboxylic acid groups (broad SMARTS) is 1. The smallest absolute Gasteiger partial charge is 0.307 e. The zero-order chi connectivity index (χ0) is 8.36. The standard InChI is InChI=1S/C4H8O5S/c1-3(4(5)6)2-10(7,8)9/h3H,2H2,1H3,(H,5,6)(H,7,8,9)/t3-/m0/s1. The lowest BCUT2D eigenvalue weighted by Gasteiger charge is -2.00. The van der Waals surface area contributed by atoms with Crippen molar-refractivity contribution in [2.75, 3.05) is 5.75 Å². The summed E-state index contributed by atoms with van der Waals surface area (Å²) in [6.07, 6.45) is 0. The highest BCUT2D eigenvalue weighted by atomic mass is 32.2. The first-order valence-corrected chi connectivity index (χ1v) is 4.12. The molecule has 2 N–H and O–H groups in total. The average Bonchev–Trinajstić information content (AvgIpc) is 1.60. The van der Waals surface area contributed by atoms with E-state index in [1.165, 1.54) is 6.92 Å². The number of hydrogen-bond acceptors (Lipinski definition) is 3. The van der Waals surface area contributed by atoms with Gasteiger partial charge in [-0.2, -0.15) is 8.42 Å². The molecule has 0 radical (unpaired) electrons. The summed E-state index contributed by atoms with van der Waals surface area (Å²) >= 11 is 0. The van der Waals surface area contributed by atoms with E-state index in [0.717, 1.165) is 0 Å². The predicted octanol–water partition coefficient (Wildman–Crippen LogP) is -0.405.